The molecule has 2 aliphatic rings. The van der Waals surface area contributed by atoms with Gasteiger partial charge in [0.1, 0.15) is 0 Å². The molecule has 3 rings (SSSR count). The highest BCUT2D eigenvalue weighted by atomic mass is 16.1. The summed E-state index contributed by atoms with van der Waals surface area (Å²) < 4.78 is 0. The van der Waals surface area contributed by atoms with Crippen LogP contribution in [0.5, 0.6) is 0 Å². The molecule has 2 N–H and O–H groups in total. The first-order valence-electron chi connectivity index (χ1n) is 6.63. The van der Waals surface area contributed by atoms with Crippen molar-refractivity contribution in [2.24, 2.45) is 4.99 Å². The minimum Gasteiger partial charge on any atom is -0.352 e. The molecule has 0 aromatic heterocycles. The largest absolute Gasteiger partial charge is 0.352 e. The standard InChI is InChI=1S/C14H18N4O/c1-18-7-6-16-14(18)17-9-10-2-3-11-4-5-15-13(19)12(11)8-10/h2-3,8H,4-7,9H2,1H3,(H,15,19)(H,16,17). The van der Waals surface area contributed by atoms with Gasteiger partial charge in [0.15, 0.2) is 5.96 Å². The summed E-state index contributed by atoms with van der Waals surface area (Å²) in [4.78, 5) is 18.3. The summed E-state index contributed by atoms with van der Waals surface area (Å²) in [5.74, 6) is 0.973. The number of rotatable bonds is 2. The van der Waals surface area contributed by atoms with Crippen LogP contribution >= 0.6 is 0 Å². The van der Waals surface area contributed by atoms with E-state index >= 15 is 0 Å². The fourth-order valence-corrected chi connectivity index (χ4v) is 2.47. The molecule has 1 aromatic rings. The molecule has 0 saturated heterocycles. The van der Waals surface area contributed by atoms with Gasteiger partial charge in [-0.1, -0.05) is 12.1 Å². The second kappa shape index (κ2) is 4.91. The van der Waals surface area contributed by atoms with Crippen molar-refractivity contribution in [3.63, 3.8) is 0 Å². The maximum absolute atomic E-state index is 11.8. The Morgan fingerprint density at radius 1 is 1.47 bits per heavy atom. The topological polar surface area (TPSA) is 56.7 Å². The first-order valence-corrected chi connectivity index (χ1v) is 6.63. The van der Waals surface area contributed by atoms with Crippen LogP contribution in [0.3, 0.4) is 0 Å². The summed E-state index contributed by atoms with van der Waals surface area (Å²) in [5.41, 5.74) is 3.06. The maximum Gasteiger partial charge on any atom is 0.251 e. The van der Waals surface area contributed by atoms with Gasteiger partial charge < -0.3 is 15.5 Å². The van der Waals surface area contributed by atoms with E-state index in [0.29, 0.717) is 6.54 Å². The number of hydrogen-bond donors (Lipinski definition) is 2. The number of hydrogen-bond acceptors (Lipinski definition) is 4. The van der Waals surface area contributed by atoms with Crippen molar-refractivity contribution in [2.75, 3.05) is 26.7 Å². The summed E-state index contributed by atoms with van der Waals surface area (Å²) in [5, 5.41) is 6.19. The predicted molar refractivity (Wildman–Crippen MR) is 74.3 cm³/mol. The van der Waals surface area contributed by atoms with Crippen LogP contribution in [0.25, 0.3) is 0 Å². The minimum atomic E-state index is 0.0402. The zero-order valence-corrected chi connectivity index (χ0v) is 11.1. The highest BCUT2D eigenvalue weighted by Gasteiger charge is 2.17. The zero-order valence-electron chi connectivity index (χ0n) is 11.1. The lowest BCUT2D eigenvalue weighted by Gasteiger charge is -2.18. The molecule has 5 nitrogen and oxygen atoms in total. The number of likely N-dealkylation sites (N-methyl/N-ethyl adjacent to an activating group) is 1. The predicted octanol–water partition coefficient (Wildman–Crippen LogP) is 0.363. The number of nitrogens with zero attached hydrogens (tertiary/aromatic N) is 2. The molecule has 0 bridgehead atoms. The summed E-state index contributed by atoms with van der Waals surface area (Å²) in [6, 6.07) is 6.12. The van der Waals surface area contributed by atoms with Gasteiger partial charge in [-0.25, -0.2) is 0 Å². The Bertz CT molecular complexity index is 538. The quantitative estimate of drug-likeness (QED) is 0.805. The van der Waals surface area contributed by atoms with Gasteiger partial charge in [-0.05, 0) is 23.6 Å². The van der Waals surface area contributed by atoms with Gasteiger partial charge in [-0.3, -0.25) is 9.79 Å². The lowest BCUT2D eigenvalue weighted by atomic mass is 9.98. The SMILES string of the molecule is CN1CCN=C1NCc1ccc2c(c1)C(=O)NCC2. The van der Waals surface area contributed by atoms with E-state index in [2.05, 4.69) is 32.7 Å². The van der Waals surface area contributed by atoms with Crippen LogP contribution < -0.4 is 10.6 Å². The molecule has 5 heteroatoms. The van der Waals surface area contributed by atoms with E-state index < -0.39 is 0 Å². The summed E-state index contributed by atoms with van der Waals surface area (Å²) in [6.45, 7) is 3.26. The molecular weight excluding hydrogens is 240 g/mol. The molecule has 0 radical (unpaired) electrons. The fraction of sp³-hybridized carbons (Fsp3) is 0.429. The number of aliphatic imine (C=N–C) groups is 1. The maximum atomic E-state index is 11.8. The lowest BCUT2D eigenvalue weighted by Crippen LogP contribution is -2.35. The van der Waals surface area contributed by atoms with Gasteiger partial charge >= 0.3 is 0 Å². The Balaban J connectivity index is 1.72. The fourth-order valence-electron chi connectivity index (χ4n) is 2.47. The smallest absolute Gasteiger partial charge is 0.251 e. The lowest BCUT2D eigenvalue weighted by molar-refractivity contribution is 0.0946. The van der Waals surface area contributed by atoms with E-state index in [0.717, 1.165) is 48.7 Å². The van der Waals surface area contributed by atoms with Crippen molar-refractivity contribution in [3.05, 3.63) is 34.9 Å². The van der Waals surface area contributed by atoms with Crippen LogP contribution in [0.2, 0.25) is 0 Å². The highest BCUT2D eigenvalue weighted by Crippen LogP contribution is 2.16. The Kier molecular flexibility index (Phi) is 3.11. The summed E-state index contributed by atoms with van der Waals surface area (Å²) in [6.07, 6.45) is 0.921. The minimum absolute atomic E-state index is 0.0402. The number of carbonyl (C=O) groups excluding carboxylic acids is 1. The van der Waals surface area contributed by atoms with Gasteiger partial charge in [0.2, 0.25) is 0 Å². The Hall–Kier alpha value is -2.04. The molecule has 1 aromatic carbocycles. The first kappa shape index (κ1) is 12.0. The molecule has 0 spiro atoms. The molecule has 2 aliphatic heterocycles. The second-order valence-corrected chi connectivity index (χ2v) is 4.98. The molecular formula is C14H18N4O. The average Bonchev–Trinajstić information content (AvgIpc) is 2.83. The monoisotopic (exact) mass is 258 g/mol. The van der Waals surface area contributed by atoms with Gasteiger partial charge in [-0.2, -0.15) is 0 Å². The number of nitrogens with one attached hydrogen (secondary N) is 2. The van der Waals surface area contributed by atoms with Gasteiger partial charge in [0.25, 0.3) is 5.91 Å². The van der Waals surface area contributed by atoms with Crippen LogP contribution in [0.4, 0.5) is 0 Å². The van der Waals surface area contributed by atoms with E-state index in [1.807, 2.05) is 13.1 Å². The molecule has 0 aliphatic carbocycles. The van der Waals surface area contributed by atoms with Crippen LogP contribution in [0, 0.1) is 0 Å². The van der Waals surface area contributed by atoms with Crippen molar-refractivity contribution in [2.45, 2.75) is 13.0 Å². The number of fused-ring (bicyclic) bond motifs is 1. The second-order valence-electron chi connectivity index (χ2n) is 4.98. The van der Waals surface area contributed by atoms with Crippen molar-refractivity contribution >= 4 is 11.9 Å². The highest BCUT2D eigenvalue weighted by molar-refractivity contribution is 5.96. The third-order valence-electron chi connectivity index (χ3n) is 3.61. The summed E-state index contributed by atoms with van der Waals surface area (Å²) >= 11 is 0. The van der Waals surface area contributed by atoms with Crippen molar-refractivity contribution in [3.8, 4) is 0 Å². The Morgan fingerprint density at radius 2 is 2.37 bits per heavy atom. The van der Waals surface area contributed by atoms with Crippen LogP contribution in [0.1, 0.15) is 21.5 Å². The number of amides is 1. The zero-order chi connectivity index (χ0) is 13.2. The third-order valence-corrected chi connectivity index (χ3v) is 3.61. The van der Waals surface area contributed by atoms with Gasteiger partial charge in [-0.15, -0.1) is 0 Å². The van der Waals surface area contributed by atoms with Gasteiger partial charge in [0, 0.05) is 32.2 Å². The molecule has 0 atom stereocenters. The molecule has 0 saturated carbocycles. The number of guanidine groups is 1. The van der Waals surface area contributed by atoms with Crippen molar-refractivity contribution in [1.29, 1.82) is 0 Å². The molecule has 0 fully saturated rings. The van der Waals surface area contributed by atoms with E-state index in [-0.39, 0.29) is 5.91 Å². The Labute approximate surface area is 112 Å². The molecule has 19 heavy (non-hydrogen) atoms. The molecule has 100 valence electrons. The first-order chi connectivity index (χ1) is 9.24. The average molecular weight is 258 g/mol. The van der Waals surface area contributed by atoms with Crippen LogP contribution in [0.15, 0.2) is 23.2 Å². The molecule has 2 heterocycles. The van der Waals surface area contributed by atoms with E-state index in [1.165, 1.54) is 0 Å². The number of benzene rings is 1. The number of carbonyl (C=O) groups is 1. The molecule has 1 amide bonds. The van der Waals surface area contributed by atoms with Crippen LogP contribution in [-0.4, -0.2) is 43.4 Å². The van der Waals surface area contributed by atoms with Crippen LogP contribution in [-0.2, 0) is 13.0 Å². The van der Waals surface area contributed by atoms with Crippen molar-refractivity contribution < 1.29 is 4.79 Å². The van der Waals surface area contributed by atoms with E-state index in [1.54, 1.807) is 0 Å². The van der Waals surface area contributed by atoms with E-state index in [9.17, 15) is 4.79 Å². The third kappa shape index (κ3) is 2.41. The normalized spacial score (nSPS) is 17.8. The van der Waals surface area contributed by atoms with E-state index in [4.69, 9.17) is 0 Å². The molecule has 0 unspecified atom stereocenters. The van der Waals surface area contributed by atoms with Gasteiger partial charge in [0.05, 0.1) is 6.54 Å². The van der Waals surface area contributed by atoms with Crippen molar-refractivity contribution in [1.82, 2.24) is 15.5 Å². The Morgan fingerprint density at radius 3 is 3.16 bits per heavy atom. The summed E-state index contributed by atoms with van der Waals surface area (Å²) in [7, 11) is 2.03.